The van der Waals surface area contributed by atoms with Crippen LogP contribution in [0.5, 0.6) is 0 Å². The van der Waals surface area contributed by atoms with Gasteiger partial charge in [-0.1, -0.05) is 24.3 Å². The number of carbonyl (C=O) groups is 2. The molecule has 1 saturated heterocycles. The molecule has 2 aliphatic rings. The summed E-state index contributed by atoms with van der Waals surface area (Å²) in [5, 5.41) is 12.4. The van der Waals surface area contributed by atoms with Gasteiger partial charge in [-0.05, 0) is 11.1 Å². The van der Waals surface area contributed by atoms with Crippen LogP contribution in [0.15, 0.2) is 24.3 Å². The number of hydrogen-bond acceptors (Lipinski definition) is 4. The van der Waals surface area contributed by atoms with E-state index in [-0.39, 0.29) is 11.8 Å². The zero-order valence-corrected chi connectivity index (χ0v) is 11.7. The van der Waals surface area contributed by atoms with Crippen LogP contribution in [0.25, 0.3) is 0 Å². The predicted molar refractivity (Wildman–Crippen MR) is 76.5 cm³/mol. The second kappa shape index (κ2) is 5.46. The van der Waals surface area contributed by atoms with Crippen molar-refractivity contribution in [3.05, 3.63) is 35.4 Å². The first kappa shape index (κ1) is 13.5. The molecule has 0 aliphatic carbocycles. The van der Waals surface area contributed by atoms with E-state index < -0.39 is 12.0 Å². The Labute approximate surface area is 121 Å². The lowest BCUT2D eigenvalue weighted by atomic mass is 9.89. The Morgan fingerprint density at radius 2 is 2.15 bits per heavy atom. The van der Waals surface area contributed by atoms with Gasteiger partial charge in [0.05, 0.1) is 11.8 Å². The van der Waals surface area contributed by atoms with E-state index in [2.05, 4.69) is 5.32 Å². The first-order chi connectivity index (χ1) is 9.68. The van der Waals surface area contributed by atoms with Crippen LogP contribution in [-0.4, -0.2) is 46.1 Å². The molecule has 1 aromatic carbocycles. The number of nitrogens with one attached hydrogen (secondary N) is 1. The van der Waals surface area contributed by atoms with Crippen molar-refractivity contribution in [2.45, 2.75) is 18.5 Å². The maximum absolute atomic E-state index is 12.7. The lowest BCUT2D eigenvalue weighted by molar-refractivity contribution is -0.148. The van der Waals surface area contributed by atoms with Crippen LogP contribution in [0.1, 0.15) is 17.0 Å². The Morgan fingerprint density at radius 3 is 2.95 bits per heavy atom. The smallest absolute Gasteiger partial charge is 0.327 e. The number of thioether (sulfide) groups is 1. The van der Waals surface area contributed by atoms with Crippen LogP contribution in [0.4, 0.5) is 0 Å². The Hall–Kier alpha value is -1.53. The van der Waals surface area contributed by atoms with Gasteiger partial charge in [-0.3, -0.25) is 4.79 Å². The van der Waals surface area contributed by atoms with Crippen molar-refractivity contribution < 1.29 is 14.7 Å². The van der Waals surface area contributed by atoms with Crippen molar-refractivity contribution in [3.63, 3.8) is 0 Å². The molecule has 2 aliphatic heterocycles. The van der Waals surface area contributed by atoms with E-state index in [1.165, 1.54) is 16.7 Å². The molecule has 6 heteroatoms. The third-order valence-electron chi connectivity index (χ3n) is 3.84. The molecule has 2 unspecified atom stereocenters. The Balaban J connectivity index is 1.87. The number of aliphatic carboxylic acids is 1. The van der Waals surface area contributed by atoms with Crippen molar-refractivity contribution >= 4 is 23.6 Å². The number of carboxylic acid groups (broad SMARTS) is 1. The highest BCUT2D eigenvalue weighted by Crippen LogP contribution is 2.30. The van der Waals surface area contributed by atoms with Crippen molar-refractivity contribution in [3.8, 4) is 0 Å². The van der Waals surface area contributed by atoms with Gasteiger partial charge in [0.15, 0.2) is 0 Å². The van der Waals surface area contributed by atoms with Gasteiger partial charge in [-0.25, -0.2) is 4.79 Å². The molecule has 0 spiro atoms. The van der Waals surface area contributed by atoms with Crippen LogP contribution in [0.2, 0.25) is 0 Å². The number of carbonyl (C=O) groups excluding carboxylic acids is 1. The van der Waals surface area contributed by atoms with Gasteiger partial charge in [-0.2, -0.15) is 0 Å². The molecule has 0 radical (unpaired) electrons. The second-order valence-electron chi connectivity index (χ2n) is 5.04. The first-order valence-corrected chi connectivity index (χ1v) is 7.73. The molecule has 0 aromatic heterocycles. The topological polar surface area (TPSA) is 69.6 Å². The van der Waals surface area contributed by atoms with Crippen molar-refractivity contribution in [2.75, 3.05) is 18.2 Å². The summed E-state index contributed by atoms with van der Waals surface area (Å²) in [7, 11) is 0. The summed E-state index contributed by atoms with van der Waals surface area (Å²) in [6.07, 6.45) is 0. The van der Waals surface area contributed by atoms with Crippen molar-refractivity contribution in [1.82, 2.24) is 10.2 Å². The summed E-state index contributed by atoms with van der Waals surface area (Å²) in [5.41, 5.74) is 2.15. The zero-order chi connectivity index (χ0) is 14.1. The van der Waals surface area contributed by atoms with Crippen molar-refractivity contribution in [1.29, 1.82) is 0 Å². The van der Waals surface area contributed by atoms with E-state index in [0.717, 1.165) is 17.7 Å². The Morgan fingerprint density at radius 1 is 1.35 bits per heavy atom. The minimum absolute atomic E-state index is 0.0814. The number of hydrogen-bond donors (Lipinski definition) is 2. The minimum atomic E-state index is -0.916. The molecule has 20 heavy (non-hydrogen) atoms. The predicted octanol–water partition coefficient (Wildman–Crippen LogP) is 0.859. The third kappa shape index (κ3) is 2.29. The largest absolute Gasteiger partial charge is 0.480 e. The quantitative estimate of drug-likeness (QED) is 0.846. The highest BCUT2D eigenvalue weighted by atomic mass is 32.2. The van der Waals surface area contributed by atoms with Gasteiger partial charge in [0.25, 0.3) is 0 Å². The summed E-state index contributed by atoms with van der Waals surface area (Å²) in [5.74, 6) is -0.333. The summed E-state index contributed by atoms with van der Waals surface area (Å²) in [6.45, 7) is 1.33. The molecule has 1 aromatic rings. The molecule has 0 bridgehead atoms. The summed E-state index contributed by atoms with van der Waals surface area (Å²) in [6, 6.07) is 7.17. The minimum Gasteiger partial charge on any atom is -0.480 e. The van der Waals surface area contributed by atoms with Gasteiger partial charge in [-0.15, -0.1) is 11.8 Å². The van der Waals surface area contributed by atoms with E-state index in [9.17, 15) is 14.7 Å². The molecule has 2 heterocycles. The van der Waals surface area contributed by atoms with Gasteiger partial charge in [0.2, 0.25) is 5.91 Å². The zero-order valence-electron chi connectivity index (χ0n) is 10.9. The summed E-state index contributed by atoms with van der Waals surface area (Å²) >= 11 is 1.50. The van der Waals surface area contributed by atoms with Crippen LogP contribution in [-0.2, 0) is 16.1 Å². The molecule has 5 nitrogen and oxygen atoms in total. The SMILES string of the molecule is O=C(O)C1CSCN1C(=O)C1CNCc2ccccc21. The normalized spacial score (nSPS) is 25.3. The van der Waals surface area contributed by atoms with E-state index in [0.29, 0.717) is 18.2 Å². The van der Waals surface area contributed by atoms with Gasteiger partial charge in [0.1, 0.15) is 6.04 Å². The van der Waals surface area contributed by atoms with Gasteiger partial charge in [0, 0.05) is 18.8 Å². The van der Waals surface area contributed by atoms with E-state index in [1.807, 2.05) is 24.3 Å². The lowest BCUT2D eigenvalue weighted by Crippen LogP contribution is -2.47. The second-order valence-corrected chi connectivity index (χ2v) is 6.04. The highest BCUT2D eigenvalue weighted by Gasteiger charge is 2.39. The Bertz CT molecular complexity index is 549. The molecule has 3 rings (SSSR count). The lowest BCUT2D eigenvalue weighted by Gasteiger charge is -2.30. The van der Waals surface area contributed by atoms with Gasteiger partial charge >= 0.3 is 5.97 Å². The average Bonchev–Trinajstić information content (AvgIpc) is 2.95. The fourth-order valence-electron chi connectivity index (χ4n) is 2.78. The standard InChI is InChI=1S/C14H16N2O3S/c17-13(16-8-20-7-12(16)14(18)19)11-6-15-5-9-3-1-2-4-10(9)11/h1-4,11-12,15H,5-8H2,(H,18,19). The van der Waals surface area contributed by atoms with Crippen LogP contribution in [0, 0.1) is 0 Å². The van der Waals surface area contributed by atoms with Crippen molar-refractivity contribution in [2.24, 2.45) is 0 Å². The van der Waals surface area contributed by atoms with E-state index >= 15 is 0 Å². The number of nitrogens with zero attached hydrogens (tertiary/aromatic N) is 1. The molecule has 1 amide bonds. The maximum atomic E-state index is 12.7. The first-order valence-electron chi connectivity index (χ1n) is 6.58. The number of amides is 1. The third-order valence-corrected chi connectivity index (χ3v) is 4.86. The molecular formula is C14H16N2O3S. The highest BCUT2D eigenvalue weighted by molar-refractivity contribution is 7.99. The maximum Gasteiger partial charge on any atom is 0.327 e. The number of carboxylic acids is 1. The number of rotatable bonds is 2. The average molecular weight is 292 g/mol. The van der Waals surface area contributed by atoms with Crippen LogP contribution in [0.3, 0.4) is 0 Å². The molecule has 2 N–H and O–H groups in total. The number of fused-ring (bicyclic) bond motifs is 1. The Kier molecular flexibility index (Phi) is 3.67. The van der Waals surface area contributed by atoms with E-state index in [1.54, 1.807) is 0 Å². The van der Waals surface area contributed by atoms with E-state index in [4.69, 9.17) is 0 Å². The summed E-state index contributed by atoms with van der Waals surface area (Å²) in [4.78, 5) is 25.4. The fourth-order valence-corrected chi connectivity index (χ4v) is 3.94. The molecule has 0 saturated carbocycles. The molecular weight excluding hydrogens is 276 g/mol. The molecule has 106 valence electrons. The van der Waals surface area contributed by atoms with Crippen LogP contribution < -0.4 is 5.32 Å². The monoisotopic (exact) mass is 292 g/mol. The van der Waals surface area contributed by atoms with Gasteiger partial charge < -0.3 is 15.3 Å². The number of benzene rings is 1. The summed E-state index contributed by atoms with van der Waals surface area (Å²) < 4.78 is 0. The molecule has 1 fully saturated rings. The molecule has 2 atom stereocenters. The van der Waals surface area contributed by atoms with Crippen LogP contribution >= 0.6 is 11.8 Å². The fraction of sp³-hybridized carbons (Fsp3) is 0.429.